The fourth-order valence-electron chi connectivity index (χ4n) is 2.30. The molecule has 5 nitrogen and oxygen atoms in total. The zero-order valence-corrected chi connectivity index (χ0v) is 14.2. The van der Waals surface area contributed by atoms with Crippen LogP contribution in [0.4, 0.5) is 0 Å². The van der Waals surface area contributed by atoms with Crippen LogP contribution in [-0.4, -0.2) is 32.2 Å². The molecule has 0 amide bonds. The zero-order chi connectivity index (χ0) is 16.1. The molecule has 0 aliphatic rings. The van der Waals surface area contributed by atoms with Gasteiger partial charge in [0.05, 0.1) is 19.9 Å². The van der Waals surface area contributed by atoms with Crippen LogP contribution in [0.5, 0.6) is 5.75 Å². The Hall–Kier alpha value is -2.21. The Morgan fingerprint density at radius 3 is 2.74 bits per heavy atom. The molecule has 23 heavy (non-hydrogen) atoms. The van der Waals surface area contributed by atoms with Crippen LogP contribution in [0.1, 0.15) is 11.1 Å². The van der Waals surface area contributed by atoms with Crippen LogP contribution in [0.2, 0.25) is 0 Å². The number of hydrogen-bond donors (Lipinski definition) is 0. The lowest BCUT2D eigenvalue weighted by atomic mass is 10.2. The van der Waals surface area contributed by atoms with Crippen molar-refractivity contribution in [3.63, 3.8) is 0 Å². The Labute approximate surface area is 140 Å². The number of imidazole rings is 1. The molecule has 3 aromatic rings. The van der Waals surface area contributed by atoms with E-state index >= 15 is 0 Å². The smallest absolute Gasteiger partial charge is 0.168 e. The van der Waals surface area contributed by atoms with E-state index in [2.05, 4.69) is 39.9 Å². The molecule has 0 fully saturated rings. The maximum Gasteiger partial charge on any atom is 0.168 e. The first-order valence-corrected chi connectivity index (χ1v) is 8.49. The monoisotopic (exact) mass is 328 g/mol. The van der Waals surface area contributed by atoms with Crippen molar-refractivity contribution in [3.05, 3.63) is 60.2 Å². The average molecular weight is 328 g/mol. The third-order valence-corrected chi connectivity index (χ3v) is 4.49. The maximum absolute atomic E-state index is 5.19. The summed E-state index contributed by atoms with van der Waals surface area (Å²) in [5.41, 5.74) is 2.42. The summed E-state index contributed by atoms with van der Waals surface area (Å²) in [6.45, 7) is 3.75. The lowest BCUT2D eigenvalue weighted by molar-refractivity contribution is 0.414. The van der Waals surface area contributed by atoms with E-state index in [9.17, 15) is 0 Å². The van der Waals surface area contributed by atoms with Crippen LogP contribution in [-0.2, 0) is 13.1 Å². The molecule has 0 spiro atoms. The summed E-state index contributed by atoms with van der Waals surface area (Å²) < 4.78 is 9.33. The van der Waals surface area contributed by atoms with Gasteiger partial charge in [-0.05, 0) is 30.2 Å². The molecule has 0 saturated carbocycles. The van der Waals surface area contributed by atoms with Crippen LogP contribution >= 0.6 is 11.8 Å². The second-order valence-electron chi connectivity index (χ2n) is 5.32. The predicted octanol–water partition coefficient (Wildman–Crippen LogP) is 3.24. The van der Waals surface area contributed by atoms with Crippen molar-refractivity contribution in [1.29, 1.82) is 0 Å². The van der Waals surface area contributed by atoms with Gasteiger partial charge in [-0.2, -0.15) is 5.10 Å². The van der Waals surface area contributed by atoms with Crippen LogP contribution in [0, 0.1) is 6.92 Å². The van der Waals surface area contributed by atoms with Crippen molar-refractivity contribution in [2.24, 2.45) is 0 Å². The first-order chi connectivity index (χ1) is 11.2. The predicted molar refractivity (Wildman–Crippen MR) is 92.0 cm³/mol. The molecule has 0 radical (unpaired) electrons. The number of ether oxygens (including phenoxy) is 1. The average Bonchev–Trinajstić information content (AvgIpc) is 3.18. The van der Waals surface area contributed by atoms with Crippen LogP contribution in [0.25, 0.3) is 0 Å². The molecular formula is C17H20N4OS. The van der Waals surface area contributed by atoms with E-state index in [1.54, 1.807) is 18.9 Å². The molecule has 0 unspecified atom stereocenters. The second kappa shape index (κ2) is 7.37. The SMILES string of the molecule is COc1ccc(Cn2ccnc2SCCn2cc(C)cn2)cc1. The Kier molecular flexibility index (Phi) is 5.02. The molecule has 0 aliphatic carbocycles. The van der Waals surface area contributed by atoms with E-state index in [-0.39, 0.29) is 0 Å². The molecule has 0 N–H and O–H groups in total. The van der Waals surface area contributed by atoms with Gasteiger partial charge in [0.15, 0.2) is 5.16 Å². The molecule has 0 aliphatic heterocycles. The molecule has 0 atom stereocenters. The van der Waals surface area contributed by atoms with Crippen molar-refractivity contribution in [1.82, 2.24) is 19.3 Å². The lowest BCUT2D eigenvalue weighted by Gasteiger charge is -2.08. The maximum atomic E-state index is 5.19. The molecule has 0 saturated heterocycles. The summed E-state index contributed by atoms with van der Waals surface area (Å²) in [5, 5.41) is 5.34. The molecule has 2 heterocycles. The van der Waals surface area contributed by atoms with Crippen molar-refractivity contribution in [2.45, 2.75) is 25.2 Å². The van der Waals surface area contributed by atoms with E-state index in [1.807, 2.05) is 35.4 Å². The van der Waals surface area contributed by atoms with Gasteiger partial charge in [0.1, 0.15) is 5.75 Å². The number of methoxy groups -OCH3 is 1. The zero-order valence-electron chi connectivity index (χ0n) is 13.3. The Morgan fingerprint density at radius 1 is 1.22 bits per heavy atom. The Balaban J connectivity index is 1.57. The van der Waals surface area contributed by atoms with E-state index in [0.29, 0.717) is 0 Å². The van der Waals surface area contributed by atoms with E-state index in [4.69, 9.17) is 4.74 Å². The number of aromatic nitrogens is 4. The Bertz CT molecular complexity index is 748. The van der Waals surface area contributed by atoms with Crippen molar-refractivity contribution in [3.8, 4) is 5.75 Å². The van der Waals surface area contributed by atoms with Gasteiger partial charge < -0.3 is 9.30 Å². The second-order valence-corrected chi connectivity index (χ2v) is 6.38. The summed E-state index contributed by atoms with van der Waals surface area (Å²) in [7, 11) is 1.68. The number of aryl methyl sites for hydroxylation is 2. The lowest BCUT2D eigenvalue weighted by Crippen LogP contribution is -2.04. The number of thioether (sulfide) groups is 1. The quantitative estimate of drug-likeness (QED) is 0.625. The number of rotatable bonds is 7. The van der Waals surface area contributed by atoms with Gasteiger partial charge in [0.2, 0.25) is 0 Å². The largest absolute Gasteiger partial charge is 0.497 e. The van der Waals surface area contributed by atoms with Gasteiger partial charge in [-0.3, -0.25) is 4.68 Å². The highest BCUT2D eigenvalue weighted by molar-refractivity contribution is 7.99. The van der Waals surface area contributed by atoms with Gasteiger partial charge in [0.25, 0.3) is 0 Å². The summed E-state index contributed by atoms with van der Waals surface area (Å²) in [4.78, 5) is 4.45. The molecular weight excluding hydrogens is 308 g/mol. The van der Waals surface area contributed by atoms with E-state index < -0.39 is 0 Å². The normalized spacial score (nSPS) is 10.9. The third-order valence-electron chi connectivity index (χ3n) is 3.50. The standard InChI is InChI=1S/C17H20N4OS/c1-14-11-19-21(12-14)9-10-23-17-18-7-8-20(17)13-15-3-5-16(22-2)6-4-15/h3-8,11-12H,9-10,13H2,1-2H3. The van der Waals surface area contributed by atoms with Crippen molar-refractivity contribution in [2.75, 3.05) is 12.9 Å². The molecule has 1 aromatic carbocycles. The summed E-state index contributed by atoms with van der Waals surface area (Å²) >= 11 is 1.75. The van der Waals surface area contributed by atoms with Gasteiger partial charge in [-0.25, -0.2) is 4.98 Å². The molecule has 6 heteroatoms. The van der Waals surface area contributed by atoms with Gasteiger partial charge in [-0.1, -0.05) is 23.9 Å². The fourth-order valence-corrected chi connectivity index (χ4v) is 3.19. The minimum atomic E-state index is 0.813. The molecule has 2 aromatic heterocycles. The first-order valence-electron chi connectivity index (χ1n) is 7.50. The van der Waals surface area contributed by atoms with Gasteiger partial charge >= 0.3 is 0 Å². The highest BCUT2D eigenvalue weighted by atomic mass is 32.2. The summed E-state index contributed by atoms with van der Waals surface area (Å²) in [6.07, 6.45) is 7.81. The van der Waals surface area contributed by atoms with Gasteiger partial charge in [-0.15, -0.1) is 0 Å². The minimum Gasteiger partial charge on any atom is -0.497 e. The third kappa shape index (κ3) is 4.16. The number of benzene rings is 1. The highest BCUT2D eigenvalue weighted by Gasteiger charge is 2.05. The molecule has 0 bridgehead atoms. The van der Waals surface area contributed by atoms with Crippen molar-refractivity contribution >= 4 is 11.8 Å². The summed E-state index contributed by atoms with van der Waals surface area (Å²) in [6, 6.07) is 8.14. The summed E-state index contributed by atoms with van der Waals surface area (Å²) in [5.74, 6) is 1.82. The van der Waals surface area contributed by atoms with Crippen LogP contribution in [0.3, 0.4) is 0 Å². The first kappa shape index (κ1) is 15.7. The van der Waals surface area contributed by atoms with Crippen molar-refractivity contribution < 1.29 is 4.74 Å². The van der Waals surface area contributed by atoms with E-state index in [0.717, 1.165) is 29.7 Å². The van der Waals surface area contributed by atoms with E-state index in [1.165, 1.54) is 11.1 Å². The molecule has 120 valence electrons. The van der Waals surface area contributed by atoms with Crippen LogP contribution < -0.4 is 4.74 Å². The van der Waals surface area contributed by atoms with Gasteiger partial charge in [0, 0.05) is 30.9 Å². The number of hydrogen-bond acceptors (Lipinski definition) is 4. The molecule has 3 rings (SSSR count). The highest BCUT2D eigenvalue weighted by Crippen LogP contribution is 2.19. The minimum absolute atomic E-state index is 0.813. The van der Waals surface area contributed by atoms with Crippen LogP contribution in [0.15, 0.2) is 54.2 Å². The topological polar surface area (TPSA) is 44.9 Å². The fraction of sp³-hybridized carbons (Fsp3) is 0.294. The number of nitrogens with zero attached hydrogens (tertiary/aromatic N) is 4. The Morgan fingerprint density at radius 2 is 2.04 bits per heavy atom.